The van der Waals surface area contributed by atoms with E-state index in [2.05, 4.69) is 5.32 Å². The van der Waals surface area contributed by atoms with Crippen molar-refractivity contribution in [1.29, 1.82) is 0 Å². The van der Waals surface area contributed by atoms with Gasteiger partial charge < -0.3 is 11.1 Å². The Hall–Kier alpha value is -0.440. The van der Waals surface area contributed by atoms with Crippen LogP contribution in [0.15, 0.2) is 12.1 Å². The van der Waals surface area contributed by atoms with Crippen molar-refractivity contribution >= 4 is 28.9 Å². The molecule has 0 spiro atoms. The molecule has 14 heavy (non-hydrogen) atoms. The quantitative estimate of drug-likeness (QED) is 0.785. The largest absolute Gasteiger partial charge is 0.396 e. The van der Waals surface area contributed by atoms with E-state index in [1.807, 2.05) is 12.1 Å². The Morgan fingerprint density at radius 3 is 2.36 bits per heavy atom. The maximum absolute atomic E-state index is 5.91. The summed E-state index contributed by atoms with van der Waals surface area (Å²) < 4.78 is 0. The zero-order chi connectivity index (χ0) is 10.1. The standard InChI is InChI=1S/C10H12Cl2N2/c11-8-3-6(4-9(12)10(8)13)5-14-7-1-2-7/h3-4,7,14H,1-2,5,13H2. The highest BCUT2D eigenvalue weighted by Gasteiger charge is 2.20. The van der Waals surface area contributed by atoms with Crippen molar-refractivity contribution in [2.24, 2.45) is 0 Å². The van der Waals surface area contributed by atoms with E-state index in [9.17, 15) is 0 Å². The smallest absolute Gasteiger partial charge is 0.0693 e. The fraction of sp³-hybridized carbons (Fsp3) is 0.400. The Labute approximate surface area is 93.4 Å². The monoisotopic (exact) mass is 230 g/mol. The Morgan fingerprint density at radius 2 is 1.86 bits per heavy atom. The number of benzene rings is 1. The minimum absolute atomic E-state index is 0.462. The highest BCUT2D eigenvalue weighted by Crippen LogP contribution is 2.29. The number of halogens is 2. The van der Waals surface area contributed by atoms with Gasteiger partial charge in [0, 0.05) is 12.6 Å². The van der Waals surface area contributed by atoms with Crippen LogP contribution in [0.4, 0.5) is 5.69 Å². The molecule has 2 nitrogen and oxygen atoms in total. The van der Waals surface area contributed by atoms with E-state index in [-0.39, 0.29) is 0 Å². The van der Waals surface area contributed by atoms with Gasteiger partial charge in [0.2, 0.25) is 0 Å². The van der Waals surface area contributed by atoms with Gasteiger partial charge in [0.25, 0.3) is 0 Å². The second-order valence-electron chi connectivity index (χ2n) is 3.63. The van der Waals surface area contributed by atoms with Crippen molar-refractivity contribution in [3.63, 3.8) is 0 Å². The molecule has 1 aliphatic rings. The first-order valence-corrected chi connectivity index (χ1v) is 5.39. The molecule has 1 aromatic carbocycles. The summed E-state index contributed by atoms with van der Waals surface area (Å²) in [5.74, 6) is 0. The van der Waals surface area contributed by atoms with Crippen molar-refractivity contribution in [1.82, 2.24) is 5.32 Å². The zero-order valence-electron chi connectivity index (χ0n) is 7.69. The molecule has 76 valence electrons. The van der Waals surface area contributed by atoms with Crippen LogP contribution in [-0.4, -0.2) is 6.04 Å². The summed E-state index contributed by atoms with van der Waals surface area (Å²) >= 11 is 11.8. The third-order valence-corrected chi connectivity index (χ3v) is 2.94. The maximum Gasteiger partial charge on any atom is 0.0693 e. The van der Waals surface area contributed by atoms with Gasteiger partial charge in [-0.2, -0.15) is 0 Å². The van der Waals surface area contributed by atoms with Crippen molar-refractivity contribution in [3.8, 4) is 0 Å². The highest BCUT2D eigenvalue weighted by atomic mass is 35.5. The fourth-order valence-electron chi connectivity index (χ4n) is 1.29. The van der Waals surface area contributed by atoms with Crippen LogP contribution in [0, 0.1) is 0 Å². The molecule has 0 bridgehead atoms. The molecule has 0 atom stereocenters. The van der Waals surface area contributed by atoms with Crippen LogP contribution < -0.4 is 11.1 Å². The Kier molecular flexibility index (Phi) is 2.86. The minimum atomic E-state index is 0.462. The van der Waals surface area contributed by atoms with Crippen LogP contribution >= 0.6 is 23.2 Å². The molecule has 4 heteroatoms. The van der Waals surface area contributed by atoms with Gasteiger partial charge in [0.1, 0.15) is 0 Å². The molecule has 1 fully saturated rings. The third-order valence-electron chi connectivity index (χ3n) is 2.31. The highest BCUT2D eigenvalue weighted by molar-refractivity contribution is 6.38. The van der Waals surface area contributed by atoms with Gasteiger partial charge in [-0.05, 0) is 30.5 Å². The predicted molar refractivity (Wildman–Crippen MR) is 60.7 cm³/mol. The number of nitrogens with two attached hydrogens (primary N) is 1. The average molecular weight is 231 g/mol. The molecular weight excluding hydrogens is 219 g/mol. The summed E-state index contributed by atoms with van der Waals surface area (Å²) in [5.41, 5.74) is 7.18. The Balaban J connectivity index is 2.08. The van der Waals surface area contributed by atoms with Crippen molar-refractivity contribution in [2.75, 3.05) is 5.73 Å². The van der Waals surface area contributed by atoms with Gasteiger partial charge in [-0.3, -0.25) is 0 Å². The van der Waals surface area contributed by atoms with Crippen LogP contribution in [0.2, 0.25) is 10.0 Å². The van der Waals surface area contributed by atoms with Crippen LogP contribution in [0.3, 0.4) is 0 Å². The average Bonchev–Trinajstić information content (AvgIpc) is 2.94. The number of anilines is 1. The summed E-state index contributed by atoms with van der Waals surface area (Å²) in [6.07, 6.45) is 2.55. The van der Waals surface area contributed by atoms with E-state index in [1.165, 1.54) is 12.8 Å². The van der Waals surface area contributed by atoms with Gasteiger partial charge in [0.15, 0.2) is 0 Å². The minimum Gasteiger partial charge on any atom is -0.396 e. The Morgan fingerprint density at radius 1 is 1.29 bits per heavy atom. The molecular formula is C10H12Cl2N2. The molecule has 0 amide bonds. The lowest BCUT2D eigenvalue weighted by atomic mass is 10.2. The van der Waals surface area contributed by atoms with Crippen molar-refractivity contribution < 1.29 is 0 Å². The summed E-state index contributed by atoms with van der Waals surface area (Å²) in [6, 6.07) is 4.40. The first kappa shape index (κ1) is 10.1. The summed E-state index contributed by atoms with van der Waals surface area (Å²) in [5, 5.41) is 4.45. The van der Waals surface area contributed by atoms with Crippen LogP contribution in [0.25, 0.3) is 0 Å². The van der Waals surface area contributed by atoms with E-state index in [1.54, 1.807) is 0 Å². The summed E-state index contributed by atoms with van der Waals surface area (Å²) in [7, 11) is 0. The van der Waals surface area contributed by atoms with E-state index >= 15 is 0 Å². The lowest BCUT2D eigenvalue weighted by Gasteiger charge is -2.07. The van der Waals surface area contributed by atoms with Gasteiger partial charge in [-0.1, -0.05) is 23.2 Å². The molecule has 0 saturated heterocycles. The van der Waals surface area contributed by atoms with Gasteiger partial charge in [-0.15, -0.1) is 0 Å². The normalized spacial score (nSPS) is 15.9. The van der Waals surface area contributed by atoms with E-state index in [4.69, 9.17) is 28.9 Å². The molecule has 0 unspecified atom stereocenters. The summed E-state index contributed by atoms with van der Waals surface area (Å²) in [6.45, 7) is 0.810. The second kappa shape index (κ2) is 3.97. The molecule has 0 aliphatic heterocycles. The molecule has 2 rings (SSSR count). The topological polar surface area (TPSA) is 38.0 Å². The molecule has 1 saturated carbocycles. The predicted octanol–water partition coefficient (Wildman–Crippen LogP) is 2.83. The van der Waals surface area contributed by atoms with Crippen LogP contribution in [-0.2, 0) is 6.54 Å². The van der Waals surface area contributed by atoms with E-state index in [0.29, 0.717) is 21.8 Å². The molecule has 0 heterocycles. The first-order valence-electron chi connectivity index (χ1n) is 4.63. The Bertz CT molecular complexity index is 325. The maximum atomic E-state index is 5.91. The zero-order valence-corrected chi connectivity index (χ0v) is 9.20. The number of hydrogen-bond donors (Lipinski definition) is 2. The van der Waals surface area contributed by atoms with Gasteiger partial charge in [-0.25, -0.2) is 0 Å². The van der Waals surface area contributed by atoms with Crippen LogP contribution in [0.5, 0.6) is 0 Å². The molecule has 3 N–H and O–H groups in total. The molecule has 1 aliphatic carbocycles. The third kappa shape index (κ3) is 2.32. The molecule has 0 aromatic heterocycles. The number of nitrogen functional groups attached to an aromatic ring is 1. The number of rotatable bonds is 3. The van der Waals surface area contributed by atoms with E-state index < -0.39 is 0 Å². The number of nitrogens with one attached hydrogen (secondary N) is 1. The lowest BCUT2D eigenvalue weighted by molar-refractivity contribution is 0.688. The van der Waals surface area contributed by atoms with Crippen molar-refractivity contribution in [2.45, 2.75) is 25.4 Å². The fourth-order valence-corrected chi connectivity index (χ4v) is 1.82. The SMILES string of the molecule is Nc1c(Cl)cc(CNC2CC2)cc1Cl. The molecule has 1 aromatic rings. The molecule has 0 radical (unpaired) electrons. The van der Waals surface area contributed by atoms with E-state index in [0.717, 1.165) is 12.1 Å². The number of hydrogen-bond acceptors (Lipinski definition) is 2. The van der Waals surface area contributed by atoms with Gasteiger partial charge >= 0.3 is 0 Å². The van der Waals surface area contributed by atoms with Crippen molar-refractivity contribution in [3.05, 3.63) is 27.7 Å². The van der Waals surface area contributed by atoms with Gasteiger partial charge in [0.05, 0.1) is 15.7 Å². The summed E-state index contributed by atoms with van der Waals surface area (Å²) in [4.78, 5) is 0. The lowest BCUT2D eigenvalue weighted by Crippen LogP contribution is -2.15. The first-order chi connectivity index (χ1) is 6.66. The van der Waals surface area contributed by atoms with Crippen LogP contribution in [0.1, 0.15) is 18.4 Å². The second-order valence-corrected chi connectivity index (χ2v) is 4.44.